The molecule has 1 fully saturated rings. The number of hydrogen-bond donors (Lipinski definition) is 3. The average Bonchev–Trinajstić information content (AvgIpc) is 3.46. The van der Waals surface area contributed by atoms with E-state index in [1.165, 1.54) is 0 Å². The first-order valence-electron chi connectivity index (χ1n) is 13.6. The van der Waals surface area contributed by atoms with Crippen LogP contribution in [0.1, 0.15) is 57.1 Å². The van der Waals surface area contributed by atoms with Crippen LogP contribution in [0.5, 0.6) is 5.75 Å². The fourth-order valence-electron chi connectivity index (χ4n) is 5.61. The summed E-state index contributed by atoms with van der Waals surface area (Å²) in [7, 11) is 1.57. The molecule has 0 aliphatic carbocycles. The van der Waals surface area contributed by atoms with Crippen LogP contribution in [0.2, 0.25) is 0 Å². The maximum Gasteiger partial charge on any atom is 0.335 e. The normalized spacial score (nSPS) is 16.3. The summed E-state index contributed by atoms with van der Waals surface area (Å²) >= 11 is 5.82. The van der Waals surface area contributed by atoms with Gasteiger partial charge in [0.15, 0.2) is 5.11 Å². The number of carbonyl (C=O) groups is 2. The molecule has 1 aliphatic rings. The smallest absolute Gasteiger partial charge is 0.335 e. The molecule has 0 saturated carbocycles. The summed E-state index contributed by atoms with van der Waals surface area (Å²) in [6.45, 7) is 6.37. The number of ether oxygens (including phenoxy) is 1. The van der Waals surface area contributed by atoms with Gasteiger partial charge in [-0.1, -0.05) is 24.3 Å². The third-order valence-electron chi connectivity index (χ3n) is 7.64. The summed E-state index contributed by atoms with van der Waals surface area (Å²) in [4.78, 5) is 31.5. The molecular formula is C32H33N5O4S. The van der Waals surface area contributed by atoms with Gasteiger partial charge in [-0.3, -0.25) is 9.78 Å². The lowest BCUT2D eigenvalue weighted by Gasteiger charge is -2.28. The Morgan fingerprint density at radius 2 is 1.83 bits per heavy atom. The van der Waals surface area contributed by atoms with Crippen molar-refractivity contribution in [3.05, 3.63) is 107 Å². The third-order valence-corrected chi connectivity index (χ3v) is 8.00. The molecule has 1 aliphatic heterocycles. The minimum Gasteiger partial charge on any atom is -0.495 e. The Morgan fingerprint density at radius 3 is 2.55 bits per heavy atom. The number of amides is 1. The van der Waals surface area contributed by atoms with Crippen LogP contribution in [0.15, 0.2) is 72.9 Å². The molecule has 0 unspecified atom stereocenters. The Balaban J connectivity index is 1.50. The molecule has 9 nitrogen and oxygen atoms in total. The largest absolute Gasteiger partial charge is 0.495 e. The fourth-order valence-corrected chi connectivity index (χ4v) is 5.94. The van der Waals surface area contributed by atoms with E-state index in [-0.39, 0.29) is 30.0 Å². The number of methoxy groups -OCH3 is 1. The molecule has 216 valence electrons. The molecule has 4 aromatic rings. The Labute approximate surface area is 250 Å². The highest BCUT2D eigenvalue weighted by molar-refractivity contribution is 7.80. The molecule has 1 amide bonds. The molecular weight excluding hydrogens is 550 g/mol. The number of benzene rings is 2. The number of pyridine rings is 1. The lowest BCUT2D eigenvalue weighted by Crippen LogP contribution is -2.33. The first-order valence-corrected chi connectivity index (χ1v) is 14.0. The second kappa shape index (κ2) is 12.0. The number of carbonyl (C=O) groups excluding carboxylic acids is 1. The summed E-state index contributed by atoms with van der Waals surface area (Å²) in [5.41, 5.74) is 6.36. The number of carboxylic acid groups (broad SMARTS) is 1. The maximum absolute atomic E-state index is 13.1. The number of para-hydroxylation sites is 2. The Kier molecular flexibility index (Phi) is 8.26. The van der Waals surface area contributed by atoms with Gasteiger partial charge < -0.3 is 29.9 Å². The summed E-state index contributed by atoms with van der Waals surface area (Å²) in [6, 6.07) is 19.8. The van der Waals surface area contributed by atoms with Crippen molar-refractivity contribution in [1.29, 1.82) is 0 Å². The van der Waals surface area contributed by atoms with Gasteiger partial charge in [0, 0.05) is 36.2 Å². The second-order valence-corrected chi connectivity index (χ2v) is 10.7. The van der Waals surface area contributed by atoms with Gasteiger partial charge in [0.25, 0.3) is 0 Å². The SMILES string of the molecule is COc1ccccc1NC(=O)CCN1C(=S)N[C@@H](c2ccccn2)[C@H]1c1cc(C)n(-c2cc(C(=O)O)ccc2C)c1C. The molecule has 3 heterocycles. The van der Waals surface area contributed by atoms with Gasteiger partial charge in [-0.25, -0.2) is 4.79 Å². The summed E-state index contributed by atoms with van der Waals surface area (Å²) < 4.78 is 7.46. The first kappa shape index (κ1) is 28.8. The average molecular weight is 584 g/mol. The molecule has 2 aromatic heterocycles. The van der Waals surface area contributed by atoms with Crippen LogP contribution in [-0.2, 0) is 4.79 Å². The number of aromatic nitrogens is 2. The number of nitrogens with one attached hydrogen (secondary N) is 2. The van der Waals surface area contributed by atoms with Crippen molar-refractivity contribution in [2.75, 3.05) is 19.0 Å². The van der Waals surface area contributed by atoms with E-state index in [2.05, 4.69) is 26.3 Å². The molecule has 2 aromatic carbocycles. The van der Waals surface area contributed by atoms with E-state index in [1.807, 2.05) is 62.1 Å². The number of rotatable bonds is 9. The summed E-state index contributed by atoms with van der Waals surface area (Å²) in [5, 5.41) is 16.6. The molecule has 2 atom stereocenters. The standard InChI is InChI=1S/C32H33N5O4S/c1-19-12-13-22(31(39)40)18-26(19)37-20(2)17-23(21(37)3)30-29(25-10-7-8-15-33-25)35-32(42)36(30)16-14-28(38)34-24-9-5-6-11-27(24)41-4/h5-13,15,17-18,29-30H,14,16H2,1-4H3,(H,34,38)(H,35,42)(H,39,40)/t29-,30+/m0/s1. The maximum atomic E-state index is 13.1. The van der Waals surface area contributed by atoms with E-state index >= 15 is 0 Å². The van der Waals surface area contributed by atoms with Gasteiger partial charge in [-0.05, 0) is 86.6 Å². The molecule has 1 saturated heterocycles. The summed E-state index contributed by atoms with van der Waals surface area (Å²) in [5.74, 6) is -0.544. The Hall–Kier alpha value is -4.70. The molecule has 0 radical (unpaired) electrons. The van der Waals surface area contributed by atoms with E-state index in [1.54, 1.807) is 37.6 Å². The number of aromatic carboxylic acids is 1. The zero-order valence-electron chi connectivity index (χ0n) is 23.9. The highest BCUT2D eigenvalue weighted by atomic mass is 32.1. The monoisotopic (exact) mass is 583 g/mol. The van der Waals surface area contributed by atoms with Gasteiger partial charge in [0.05, 0.1) is 36.1 Å². The van der Waals surface area contributed by atoms with Crippen molar-refractivity contribution in [3.8, 4) is 11.4 Å². The van der Waals surface area contributed by atoms with Gasteiger partial charge in [-0.2, -0.15) is 0 Å². The molecule has 5 rings (SSSR count). The van der Waals surface area contributed by atoms with Crippen molar-refractivity contribution in [3.63, 3.8) is 0 Å². The Morgan fingerprint density at radius 1 is 1.07 bits per heavy atom. The van der Waals surface area contributed by atoms with Crippen molar-refractivity contribution in [2.45, 2.75) is 39.3 Å². The highest BCUT2D eigenvalue weighted by Crippen LogP contribution is 2.41. The van der Waals surface area contributed by atoms with Gasteiger partial charge >= 0.3 is 5.97 Å². The van der Waals surface area contributed by atoms with Crippen molar-refractivity contribution in [1.82, 2.24) is 19.8 Å². The number of carboxylic acids is 1. The van der Waals surface area contributed by atoms with Crippen LogP contribution in [0, 0.1) is 20.8 Å². The first-order chi connectivity index (χ1) is 20.2. The van der Waals surface area contributed by atoms with Gasteiger partial charge in [-0.15, -0.1) is 0 Å². The van der Waals surface area contributed by atoms with Crippen LogP contribution in [-0.4, -0.2) is 50.2 Å². The Bertz CT molecular complexity index is 1650. The lowest BCUT2D eigenvalue weighted by atomic mass is 9.96. The van der Waals surface area contributed by atoms with Crippen LogP contribution in [0.4, 0.5) is 5.69 Å². The quantitative estimate of drug-likeness (QED) is 0.222. The third kappa shape index (κ3) is 5.58. The van der Waals surface area contributed by atoms with Crippen LogP contribution in [0.3, 0.4) is 0 Å². The van der Waals surface area contributed by atoms with E-state index in [0.29, 0.717) is 23.1 Å². The van der Waals surface area contributed by atoms with Crippen molar-refractivity contribution < 1.29 is 19.4 Å². The molecule has 42 heavy (non-hydrogen) atoms. The number of anilines is 1. The van der Waals surface area contributed by atoms with E-state index in [4.69, 9.17) is 17.0 Å². The van der Waals surface area contributed by atoms with E-state index < -0.39 is 5.97 Å². The topological polar surface area (TPSA) is 109 Å². The number of nitrogens with zero attached hydrogens (tertiary/aromatic N) is 3. The van der Waals surface area contributed by atoms with E-state index in [0.717, 1.165) is 33.9 Å². The second-order valence-electron chi connectivity index (χ2n) is 10.3. The van der Waals surface area contributed by atoms with Crippen molar-refractivity contribution >= 4 is 34.9 Å². The summed E-state index contributed by atoms with van der Waals surface area (Å²) in [6.07, 6.45) is 1.95. The van der Waals surface area contributed by atoms with Crippen LogP contribution >= 0.6 is 12.2 Å². The van der Waals surface area contributed by atoms with Crippen LogP contribution in [0.25, 0.3) is 5.69 Å². The van der Waals surface area contributed by atoms with Crippen molar-refractivity contribution in [2.24, 2.45) is 0 Å². The number of thiocarbonyl (C=S) groups is 1. The zero-order valence-corrected chi connectivity index (χ0v) is 24.7. The molecule has 0 bridgehead atoms. The fraction of sp³-hybridized carbons (Fsp3) is 0.250. The van der Waals surface area contributed by atoms with Crippen LogP contribution < -0.4 is 15.4 Å². The zero-order chi connectivity index (χ0) is 30.0. The minimum atomic E-state index is -0.975. The van der Waals surface area contributed by atoms with Gasteiger partial charge in [0.1, 0.15) is 5.75 Å². The molecule has 0 spiro atoms. The molecule has 3 N–H and O–H groups in total. The van der Waals surface area contributed by atoms with E-state index in [9.17, 15) is 14.7 Å². The predicted molar refractivity (Wildman–Crippen MR) is 165 cm³/mol. The number of aryl methyl sites for hydroxylation is 2. The number of hydrogen-bond acceptors (Lipinski definition) is 5. The van der Waals surface area contributed by atoms with Gasteiger partial charge in [0.2, 0.25) is 5.91 Å². The molecule has 10 heteroatoms. The predicted octanol–water partition coefficient (Wildman–Crippen LogP) is 5.51. The highest BCUT2D eigenvalue weighted by Gasteiger charge is 2.41. The minimum absolute atomic E-state index is 0.158. The lowest BCUT2D eigenvalue weighted by molar-refractivity contribution is -0.116.